The molecule has 0 saturated heterocycles. The Bertz CT molecular complexity index is 867. The lowest BCUT2D eigenvalue weighted by Gasteiger charge is -2.18. The van der Waals surface area contributed by atoms with E-state index in [1.807, 2.05) is 36.4 Å². The summed E-state index contributed by atoms with van der Waals surface area (Å²) < 4.78 is 3.50. The normalized spacial score (nSPS) is 11.7. The van der Waals surface area contributed by atoms with Crippen LogP contribution in [0.15, 0.2) is 83.8 Å². The first-order chi connectivity index (χ1) is 12.7. The maximum absolute atomic E-state index is 9.22. The number of rotatable bonds is 7. The van der Waals surface area contributed by atoms with Gasteiger partial charge < -0.3 is 0 Å². The second-order valence-electron chi connectivity index (χ2n) is 6.39. The molecule has 3 aromatic rings. The number of hydrogen-bond acceptors (Lipinski definition) is 3. The van der Waals surface area contributed by atoms with Crippen LogP contribution >= 0.6 is 11.9 Å². The summed E-state index contributed by atoms with van der Waals surface area (Å²) in [5.41, 5.74) is 4.50. The van der Waals surface area contributed by atoms with Crippen molar-refractivity contribution in [3.63, 3.8) is 0 Å². The number of nitrogens with one attached hydrogen (secondary N) is 1. The fourth-order valence-electron chi connectivity index (χ4n) is 2.89. The molecular formula is C23H22N2S. The maximum atomic E-state index is 9.22. The second-order valence-corrected chi connectivity index (χ2v) is 7.35. The van der Waals surface area contributed by atoms with Crippen LogP contribution in [0, 0.1) is 18.3 Å². The van der Waals surface area contributed by atoms with Crippen LogP contribution in [0.5, 0.6) is 0 Å². The smallest absolute Gasteiger partial charge is 0.0991 e. The third kappa shape index (κ3) is 5.23. The average molecular weight is 359 g/mol. The molecule has 0 spiro atoms. The molecule has 26 heavy (non-hydrogen) atoms. The third-order valence-electron chi connectivity index (χ3n) is 4.35. The monoisotopic (exact) mass is 358 g/mol. The molecule has 3 rings (SSSR count). The van der Waals surface area contributed by atoms with E-state index in [-0.39, 0.29) is 0 Å². The Balaban J connectivity index is 1.74. The Hall–Kier alpha value is -2.54. The number of benzene rings is 3. The van der Waals surface area contributed by atoms with Crippen molar-refractivity contribution in [3.05, 3.63) is 101 Å². The molecule has 0 aliphatic carbocycles. The summed E-state index contributed by atoms with van der Waals surface area (Å²) in [7, 11) is 0. The zero-order valence-electron chi connectivity index (χ0n) is 14.9. The molecule has 0 aliphatic heterocycles. The number of nitriles is 1. The van der Waals surface area contributed by atoms with Crippen LogP contribution in [0.1, 0.15) is 28.2 Å². The topological polar surface area (TPSA) is 35.8 Å². The van der Waals surface area contributed by atoms with Gasteiger partial charge in [0.25, 0.3) is 0 Å². The van der Waals surface area contributed by atoms with Crippen LogP contribution < -0.4 is 4.72 Å². The van der Waals surface area contributed by atoms with Crippen LogP contribution in [0.2, 0.25) is 0 Å². The molecule has 130 valence electrons. The molecule has 0 aliphatic rings. The van der Waals surface area contributed by atoms with Crippen LogP contribution in [-0.2, 0) is 6.42 Å². The zero-order chi connectivity index (χ0) is 18.2. The van der Waals surface area contributed by atoms with Crippen LogP contribution in [0.4, 0.5) is 0 Å². The molecule has 3 heteroatoms. The molecule has 2 nitrogen and oxygen atoms in total. The fourth-order valence-corrected chi connectivity index (χ4v) is 3.64. The van der Waals surface area contributed by atoms with Gasteiger partial charge in [0.15, 0.2) is 0 Å². The molecule has 0 heterocycles. The molecule has 0 fully saturated rings. The van der Waals surface area contributed by atoms with Gasteiger partial charge in [0.05, 0.1) is 11.6 Å². The van der Waals surface area contributed by atoms with Crippen molar-refractivity contribution < 1.29 is 0 Å². The van der Waals surface area contributed by atoms with E-state index < -0.39 is 0 Å². The second kappa shape index (κ2) is 9.24. The molecule has 3 aromatic carbocycles. The average Bonchev–Trinajstić information content (AvgIpc) is 2.69. The van der Waals surface area contributed by atoms with E-state index in [1.54, 1.807) is 11.9 Å². The summed E-state index contributed by atoms with van der Waals surface area (Å²) in [6.45, 7) is 2.94. The predicted octanol–water partition coefficient (Wildman–Crippen LogP) is 5.49. The van der Waals surface area contributed by atoms with Crippen molar-refractivity contribution in [2.45, 2.75) is 24.2 Å². The van der Waals surface area contributed by atoms with Crippen molar-refractivity contribution in [2.75, 3.05) is 6.54 Å². The highest BCUT2D eigenvalue weighted by Crippen LogP contribution is 2.23. The molecule has 0 bridgehead atoms. The van der Waals surface area contributed by atoms with Gasteiger partial charge in [0.2, 0.25) is 0 Å². The summed E-state index contributed by atoms with van der Waals surface area (Å²) in [5, 5.41) is 9.22. The Morgan fingerprint density at radius 1 is 0.962 bits per heavy atom. The Morgan fingerprint density at radius 2 is 1.73 bits per heavy atom. The lowest BCUT2D eigenvalue weighted by Crippen LogP contribution is -2.18. The van der Waals surface area contributed by atoms with E-state index in [1.165, 1.54) is 21.6 Å². The molecule has 1 atom stereocenters. The minimum Gasteiger partial charge on any atom is -0.259 e. The van der Waals surface area contributed by atoms with Gasteiger partial charge in [-0.2, -0.15) is 5.26 Å². The number of nitrogens with zero attached hydrogens (tertiary/aromatic N) is 1. The first-order valence-electron chi connectivity index (χ1n) is 8.75. The van der Waals surface area contributed by atoms with Gasteiger partial charge >= 0.3 is 0 Å². The van der Waals surface area contributed by atoms with E-state index in [0.29, 0.717) is 11.5 Å². The minimum absolute atomic E-state index is 0.308. The van der Waals surface area contributed by atoms with Crippen molar-refractivity contribution in [3.8, 4) is 6.07 Å². The Kier molecular flexibility index (Phi) is 6.49. The van der Waals surface area contributed by atoms with Crippen LogP contribution in [0.25, 0.3) is 0 Å². The fraction of sp³-hybridized carbons (Fsp3) is 0.174. The first-order valence-corrected chi connectivity index (χ1v) is 9.56. The van der Waals surface area contributed by atoms with Gasteiger partial charge in [-0.25, -0.2) is 0 Å². The van der Waals surface area contributed by atoms with Gasteiger partial charge in [-0.1, -0.05) is 60.2 Å². The molecule has 0 radical (unpaired) electrons. The van der Waals surface area contributed by atoms with Gasteiger partial charge in [0, 0.05) is 17.4 Å². The highest BCUT2D eigenvalue weighted by atomic mass is 32.2. The Labute approximate surface area is 160 Å². The third-order valence-corrected chi connectivity index (χ3v) is 5.17. The van der Waals surface area contributed by atoms with Gasteiger partial charge in [-0.3, -0.25) is 4.72 Å². The molecule has 1 N–H and O–H groups in total. The highest BCUT2D eigenvalue weighted by molar-refractivity contribution is 7.97. The largest absolute Gasteiger partial charge is 0.259 e. The molecular weight excluding hydrogens is 336 g/mol. The number of aryl methyl sites for hydroxylation is 1. The number of hydrogen-bond donors (Lipinski definition) is 1. The predicted molar refractivity (Wildman–Crippen MR) is 109 cm³/mol. The SMILES string of the molecule is Cc1ccc(CC(CNSc2ccccc2)c2cccc(C#N)c2)cc1. The summed E-state index contributed by atoms with van der Waals surface area (Å²) in [5.74, 6) is 0.308. The molecule has 0 amide bonds. The van der Waals surface area contributed by atoms with Crippen LogP contribution in [0.3, 0.4) is 0 Å². The van der Waals surface area contributed by atoms with Crippen molar-refractivity contribution >= 4 is 11.9 Å². The lowest BCUT2D eigenvalue weighted by atomic mass is 9.91. The van der Waals surface area contributed by atoms with Gasteiger partial charge in [0.1, 0.15) is 0 Å². The van der Waals surface area contributed by atoms with Crippen molar-refractivity contribution in [2.24, 2.45) is 0 Å². The van der Waals surface area contributed by atoms with Gasteiger partial charge in [-0.05, 0) is 60.7 Å². The van der Waals surface area contributed by atoms with E-state index in [2.05, 4.69) is 60.2 Å². The minimum atomic E-state index is 0.308. The molecule has 0 saturated carbocycles. The van der Waals surface area contributed by atoms with E-state index in [0.717, 1.165) is 13.0 Å². The van der Waals surface area contributed by atoms with E-state index in [9.17, 15) is 5.26 Å². The van der Waals surface area contributed by atoms with Crippen LogP contribution in [-0.4, -0.2) is 6.54 Å². The summed E-state index contributed by atoms with van der Waals surface area (Å²) >= 11 is 1.65. The summed E-state index contributed by atoms with van der Waals surface area (Å²) in [6.07, 6.45) is 0.942. The van der Waals surface area contributed by atoms with Crippen molar-refractivity contribution in [1.82, 2.24) is 4.72 Å². The van der Waals surface area contributed by atoms with E-state index in [4.69, 9.17) is 0 Å². The quantitative estimate of drug-likeness (QED) is 0.567. The summed E-state index contributed by atoms with van der Waals surface area (Å²) in [6, 6.07) is 29.2. The summed E-state index contributed by atoms with van der Waals surface area (Å²) in [4.78, 5) is 1.20. The molecule has 1 unspecified atom stereocenters. The first kappa shape index (κ1) is 18.3. The van der Waals surface area contributed by atoms with E-state index >= 15 is 0 Å². The Morgan fingerprint density at radius 3 is 2.46 bits per heavy atom. The highest BCUT2D eigenvalue weighted by Gasteiger charge is 2.13. The lowest BCUT2D eigenvalue weighted by molar-refractivity contribution is 0.671. The van der Waals surface area contributed by atoms with Gasteiger partial charge in [-0.15, -0.1) is 0 Å². The van der Waals surface area contributed by atoms with Crippen molar-refractivity contribution in [1.29, 1.82) is 5.26 Å². The molecule has 0 aromatic heterocycles. The zero-order valence-corrected chi connectivity index (χ0v) is 15.7. The maximum Gasteiger partial charge on any atom is 0.0991 e. The standard InChI is InChI=1S/C23H22N2S/c1-18-10-12-19(13-11-18)14-22(21-7-5-6-20(15-21)16-24)17-25-26-23-8-3-2-4-9-23/h2-13,15,22,25H,14,17H2,1H3.